The van der Waals surface area contributed by atoms with E-state index < -0.39 is 12.1 Å². The lowest BCUT2D eigenvalue weighted by atomic mass is 10.2. The first kappa shape index (κ1) is 16.6. The average molecular weight is 363 g/mol. The van der Waals surface area contributed by atoms with Crippen LogP contribution in [0.5, 0.6) is 0 Å². The first-order valence-corrected chi connectivity index (χ1v) is 8.50. The Hall–Kier alpha value is -2.28. The van der Waals surface area contributed by atoms with Crippen LogP contribution in [-0.4, -0.2) is 17.7 Å². The molecule has 0 radical (unpaired) electrons. The van der Waals surface area contributed by atoms with Gasteiger partial charge < -0.3 is 20.2 Å². The zero-order valence-electron chi connectivity index (χ0n) is 12.5. The first-order valence-electron chi connectivity index (χ1n) is 7.24. The quantitative estimate of drug-likeness (QED) is 0.624. The second kappa shape index (κ2) is 7.53. The van der Waals surface area contributed by atoms with E-state index in [4.69, 9.17) is 16.0 Å². The van der Waals surface area contributed by atoms with Gasteiger partial charge in [-0.2, -0.15) is 0 Å². The number of carbonyl (C=O) groups excluding carboxylic acids is 1. The molecule has 124 valence electrons. The van der Waals surface area contributed by atoms with Crippen LogP contribution in [0.2, 0.25) is 5.02 Å². The Kier molecular flexibility index (Phi) is 5.20. The van der Waals surface area contributed by atoms with Crippen molar-refractivity contribution in [2.75, 3.05) is 11.9 Å². The number of aliphatic hydroxyl groups is 1. The summed E-state index contributed by atoms with van der Waals surface area (Å²) in [6, 6.07) is 13.8. The van der Waals surface area contributed by atoms with Gasteiger partial charge in [-0.25, -0.2) is 4.79 Å². The lowest BCUT2D eigenvalue weighted by molar-refractivity contribution is 0.150. The molecular formula is C17H15ClN2O3S. The molecule has 1 unspecified atom stereocenters. The van der Waals surface area contributed by atoms with Crippen molar-refractivity contribution in [3.05, 3.63) is 64.7 Å². The van der Waals surface area contributed by atoms with Gasteiger partial charge in [-0.1, -0.05) is 29.8 Å². The molecule has 0 saturated heterocycles. The van der Waals surface area contributed by atoms with E-state index in [1.807, 2.05) is 17.5 Å². The van der Waals surface area contributed by atoms with Crippen molar-refractivity contribution in [3.8, 4) is 10.6 Å². The topological polar surface area (TPSA) is 74.5 Å². The van der Waals surface area contributed by atoms with Crippen molar-refractivity contribution in [2.24, 2.45) is 0 Å². The zero-order chi connectivity index (χ0) is 16.9. The van der Waals surface area contributed by atoms with Gasteiger partial charge in [0.2, 0.25) is 0 Å². The van der Waals surface area contributed by atoms with E-state index >= 15 is 0 Å². The monoisotopic (exact) mass is 362 g/mol. The van der Waals surface area contributed by atoms with E-state index in [-0.39, 0.29) is 6.54 Å². The summed E-state index contributed by atoms with van der Waals surface area (Å²) in [6.45, 7) is 0.0215. The van der Waals surface area contributed by atoms with Gasteiger partial charge in [0.25, 0.3) is 0 Å². The molecule has 1 atom stereocenters. The summed E-state index contributed by atoms with van der Waals surface area (Å²) >= 11 is 7.53. The summed E-state index contributed by atoms with van der Waals surface area (Å²) in [7, 11) is 0. The summed E-state index contributed by atoms with van der Waals surface area (Å²) in [4.78, 5) is 12.9. The number of benzene rings is 1. The van der Waals surface area contributed by atoms with Crippen molar-refractivity contribution in [3.63, 3.8) is 0 Å². The van der Waals surface area contributed by atoms with Gasteiger partial charge in [0, 0.05) is 0 Å². The van der Waals surface area contributed by atoms with Crippen molar-refractivity contribution < 1.29 is 14.3 Å². The third-order valence-corrected chi connectivity index (χ3v) is 4.51. The molecule has 1 aromatic carbocycles. The minimum atomic E-state index is -0.935. The van der Waals surface area contributed by atoms with Crippen molar-refractivity contribution >= 4 is 34.7 Å². The van der Waals surface area contributed by atoms with E-state index in [0.717, 1.165) is 4.88 Å². The van der Waals surface area contributed by atoms with Crippen LogP contribution in [-0.2, 0) is 0 Å². The van der Waals surface area contributed by atoms with Crippen LogP contribution in [0.1, 0.15) is 11.9 Å². The number of aliphatic hydroxyl groups excluding tert-OH is 1. The fraction of sp³-hybridized carbons (Fsp3) is 0.118. The number of urea groups is 1. The van der Waals surface area contributed by atoms with E-state index in [0.29, 0.717) is 22.2 Å². The van der Waals surface area contributed by atoms with Crippen LogP contribution in [0, 0.1) is 0 Å². The number of halogens is 1. The maximum absolute atomic E-state index is 11.9. The number of para-hydroxylation sites is 1. The number of amides is 2. The number of anilines is 1. The number of furan rings is 1. The molecule has 3 aromatic rings. The van der Waals surface area contributed by atoms with Crippen LogP contribution < -0.4 is 10.6 Å². The number of rotatable bonds is 5. The summed E-state index contributed by atoms with van der Waals surface area (Å²) in [5.41, 5.74) is 0.504. The molecule has 0 fully saturated rings. The van der Waals surface area contributed by atoms with E-state index in [2.05, 4.69) is 10.6 Å². The summed E-state index contributed by atoms with van der Waals surface area (Å²) in [5, 5.41) is 17.7. The summed E-state index contributed by atoms with van der Waals surface area (Å²) in [5.74, 6) is 1.09. The number of thiophene rings is 1. The fourth-order valence-electron chi connectivity index (χ4n) is 2.10. The Morgan fingerprint density at radius 2 is 2.04 bits per heavy atom. The minimum Gasteiger partial charge on any atom is -0.457 e. The summed E-state index contributed by atoms with van der Waals surface area (Å²) < 4.78 is 5.63. The lowest BCUT2D eigenvalue weighted by Gasteiger charge is -2.11. The van der Waals surface area contributed by atoms with Gasteiger partial charge in [0.05, 0.1) is 22.1 Å². The first-order chi connectivity index (χ1) is 11.6. The lowest BCUT2D eigenvalue weighted by Crippen LogP contribution is -2.32. The normalized spacial score (nSPS) is 11.9. The predicted molar refractivity (Wildman–Crippen MR) is 95.5 cm³/mol. The average Bonchev–Trinajstić information content (AvgIpc) is 3.25. The van der Waals surface area contributed by atoms with Crippen molar-refractivity contribution in [1.82, 2.24) is 5.32 Å². The van der Waals surface area contributed by atoms with E-state index in [1.54, 1.807) is 47.7 Å². The molecule has 2 aromatic heterocycles. The van der Waals surface area contributed by atoms with Gasteiger partial charge in [-0.05, 0) is 35.7 Å². The van der Waals surface area contributed by atoms with Gasteiger partial charge in [0.1, 0.15) is 17.6 Å². The third-order valence-electron chi connectivity index (χ3n) is 3.30. The number of hydrogen-bond donors (Lipinski definition) is 3. The highest BCUT2D eigenvalue weighted by Gasteiger charge is 2.15. The molecule has 0 aliphatic carbocycles. The van der Waals surface area contributed by atoms with Gasteiger partial charge in [-0.15, -0.1) is 11.3 Å². The van der Waals surface area contributed by atoms with Gasteiger partial charge in [-0.3, -0.25) is 0 Å². The van der Waals surface area contributed by atoms with E-state index in [1.165, 1.54) is 0 Å². The van der Waals surface area contributed by atoms with Crippen LogP contribution >= 0.6 is 22.9 Å². The second-order valence-electron chi connectivity index (χ2n) is 5.01. The predicted octanol–water partition coefficient (Wildman–Crippen LogP) is 4.52. The smallest absolute Gasteiger partial charge is 0.319 e. The fourth-order valence-corrected chi connectivity index (χ4v) is 2.97. The number of nitrogens with one attached hydrogen (secondary N) is 2. The molecule has 0 aliphatic heterocycles. The highest BCUT2D eigenvalue weighted by molar-refractivity contribution is 7.13. The van der Waals surface area contributed by atoms with Crippen molar-refractivity contribution in [2.45, 2.75) is 6.10 Å². The Bertz CT molecular complexity index is 817. The number of hydrogen-bond acceptors (Lipinski definition) is 4. The highest BCUT2D eigenvalue weighted by Crippen LogP contribution is 2.28. The molecule has 5 nitrogen and oxygen atoms in total. The maximum Gasteiger partial charge on any atom is 0.319 e. The van der Waals surface area contributed by atoms with Crippen molar-refractivity contribution in [1.29, 1.82) is 0 Å². The maximum atomic E-state index is 11.9. The Labute approximate surface area is 147 Å². The van der Waals surface area contributed by atoms with Crippen LogP contribution in [0.4, 0.5) is 10.5 Å². The molecule has 0 bridgehead atoms. The van der Waals surface area contributed by atoms with Gasteiger partial charge in [0.15, 0.2) is 0 Å². The molecule has 0 spiro atoms. The van der Waals surface area contributed by atoms with E-state index in [9.17, 15) is 9.90 Å². The van der Waals surface area contributed by atoms with Crippen LogP contribution in [0.15, 0.2) is 58.3 Å². The summed E-state index contributed by atoms with van der Waals surface area (Å²) in [6.07, 6.45) is -0.935. The molecule has 7 heteroatoms. The molecule has 0 saturated carbocycles. The standard InChI is InChI=1S/C17H15ClN2O3S/c18-11-4-1-2-5-12(11)20-17(22)19-10-13(21)14-7-8-15(23-14)16-6-3-9-24-16/h1-9,13,21H,10H2,(H2,19,20,22). The van der Waals surface area contributed by atoms with Gasteiger partial charge >= 0.3 is 6.03 Å². The molecule has 2 heterocycles. The van der Waals surface area contributed by atoms with Crippen LogP contribution in [0.25, 0.3) is 10.6 Å². The minimum absolute atomic E-state index is 0.0215. The molecule has 2 amide bonds. The molecular weight excluding hydrogens is 348 g/mol. The zero-order valence-corrected chi connectivity index (χ0v) is 14.1. The Balaban J connectivity index is 1.55. The second-order valence-corrected chi connectivity index (χ2v) is 6.36. The molecule has 3 rings (SSSR count). The molecule has 0 aliphatic rings. The molecule has 24 heavy (non-hydrogen) atoms. The Morgan fingerprint density at radius 1 is 1.21 bits per heavy atom. The molecule has 3 N–H and O–H groups in total. The number of carbonyl (C=O) groups is 1. The third kappa shape index (κ3) is 3.97. The van der Waals surface area contributed by atoms with Crippen LogP contribution in [0.3, 0.4) is 0 Å². The Morgan fingerprint density at radius 3 is 2.79 bits per heavy atom. The SMILES string of the molecule is O=C(NCC(O)c1ccc(-c2cccs2)o1)Nc1ccccc1Cl. The highest BCUT2D eigenvalue weighted by atomic mass is 35.5. The largest absolute Gasteiger partial charge is 0.457 e.